The molecule has 1 heteroatoms. The van der Waals surface area contributed by atoms with Gasteiger partial charge in [0.1, 0.15) is 0 Å². The van der Waals surface area contributed by atoms with E-state index in [1.807, 2.05) is 0 Å². The van der Waals surface area contributed by atoms with Crippen molar-refractivity contribution in [1.82, 2.24) is 0 Å². The number of hydrogen-bond donors (Lipinski definition) is 0. The van der Waals surface area contributed by atoms with Gasteiger partial charge >= 0.3 is 0 Å². The van der Waals surface area contributed by atoms with Gasteiger partial charge in [0, 0.05) is 17.4 Å². The highest BCUT2D eigenvalue weighted by atomic mass is 14.3. The molecule has 1 aromatic carbocycles. The third kappa shape index (κ3) is 4.70. The SMILES string of the molecule is CCCC1CCC(c2ccc(C#CC#CC#N)cc2)CC1. The zero-order chi connectivity index (χ0) is 14.9. The topological polar surface area (TPSA) is 23.8 Å². The maximum Gasteiger partial charge on any atom is 0.153 e. The number of hydrogen-bond acceptors (Lipinski definition) is 1. The van der Waals surface area contributed by atoms with Crippen LogP contribution in [0.1, 0.15) is 62.5 Å². The molecule has 0 N–H and O–H groups in total. The van der Waals surface area contributed by atoms with E-state index in [0.29, 0.717) is 0 Å². The van der Waals surface area contributed by atoms with Crippen LogP contribution in [0.5, 0.6) is 0 Å². The highest BCUT2D eigenvalue weighted by molar-refractivity contribution is 5.42. The van der Waals surface area contributed by atoms with Crippen LogP contribution < -0.4 is 0 Å². The Hall–Kier alpha value is -2.17. The predicted molar refractivity (Wildman–Crippen MR) is 86.3 cm³/mol. The fourth-order valence-corrected chi connectivity index (χ4v) is 3.19. The molecule has 1 aromatic rings. The molecule has 0 saturated heterocycles. The Morgan fingerprint density at radius 3 is 2.33 bits per heavy atom. The maximum atomic E-state index is 8.30. The summed E-state index contributed by atoms with van der Waals surface area (Å²) in [5.41, 5.74) is 2.41. The maximum absolute atomic E-state index is 8.30. The lowest BCUT2D eigenvalue weighted by Gasteiger charge is -2.28. The van der Waals surface area contributed by atoms with E-state index in [-0.39, 0.29) is 0 Å². The van der Waals surface area contributed by atoms with Gasteiger partial charge < -0.3 is 0 Å². The van der Waals surface area contributed by atoms with Gasteiger partial charge in [-0.25, -0.2) is 0 Å². The summed E-state index contributed by atoms with van der Waals surface area (Å²) < 4.78 is 0. The van der Waals surface area contributed by atoms with E-state index in [9.17, 15) is 0 Å². The third-order valence-corrected chi connectivity index (χ3v) is 4.31. The van der Waals surface area contributed by atoms with Gasteiger partial charge in [0.05, 0.1) is 0 Å². The normalized spacial score (nSPS) is 20.4. The molecule has 0 unspecified atom stereocenters. The first-order valence-corrected chi connectivity index (χ1v) is 7.83. The summed E-state index contributed by atoms with van der Waals surface area (Å²) in [5.74, 6) is 12.1. The summed E-state index contributed by atoms with van der Waals surface area (Å²) in [7, 11) is 0. The molecule has 1 aliphatic rings. The minimum Gasteiger partial charge on any atom is -0.183 e. The summed E-state index contributed by atoms with van der Waals surface area (Å²) in [4.78, 5) is 0. The van der Waals surface area contributed by atoms with E-state index in [0.717, 1.165) is 17.4 Å². The Balaban J connectivity index is 1.94. The van der Waals surface area contributed by atoms with Crippen LogP contribution >= 0.6 is 0 Å². The van der Waals surface area contributed by atoms with Crippen molar-refractivity contribution in [2.45, 2.75) is 51.4 Å². The zero-order valence-corrected chi connectivity index (χ0v) is 12.7. The molecular weight excluding hydrogens is 254 g/mol. The summed E-state index contributed by atoms with van der Waals surface area (Å²) in [6.07, 6.45) is 8.11. The lowest BCUT2D eigenvalue weighted by Crippen LogP contribution is -2.13. The van der Waals surface area contributed by atoms with Crippen molar-refractivity contribution in [3.8, 4) is 29.8 Å². The molecule has 2 rings (SSSR count). The van der Waals surface area contributed by atoms with Crippen LogP contribution in [0.3, 0.4) is 0 Å². The van der Waals surface area contributed by atoms with E-state index in [1.54, 1.807) is 6.07 Å². The summed E-state index contributed by atoms with van der Waals surface area (Å²) >= 11 is 0. The summed E-state index contributed by atoms with van der Waals surface area (Å²) in [6.45, 7) is 2.28. The van der Waals surface area contributed by atoms with Crippen LogP contribution in [0.15, 0.2) is 24.3 Å². The predicted octanol–water partition coefficient (Wildman–Crippen LogP) is 4.64. The molecule has 1 saturated carbocycles. The molecule has 0 spiro atoms. The van der Waals surface area contributed by atoms with E-state index in [1.165, 1.54) is 44.1 Å². The fraction of sp³-hybridized carbons (Fsp3) is 0.450. The van der Waals surface area contributed by atoms with Crippen LogP contribution in [0.25, 0.3) is 0 Å². The molecular formula is C20H21N. The van der Waals surface area contributed by atoms with Gasteiger partial charge in [-0.05, 0) is 61.1 Å². The minimum atomic E-state index is 0.721. The van der Waals surface area contributed by atoms with Crippen LogP contribution in [0.2, 0.25) is 0 Å². The second-order valence-corrected chi connectivity index (χ2v) is 5.74. The van der Waals surface area contributed by atoms with Gasteiger partial charge in [-0.1, -0.05) is 37.8 Å². The van der Waals surface area contributed by atoms with Gasteiger partial charge in [-0.3, -0.25) is 0 Å². The van der Waals surface area contributed by atoms with Crippen molar-refractivity contribution < 1.29 is 0 Å². The molecule has 106 valence electrons. The molecule has 0 radical (unpaired) electrons. The average Bonchev–Trinajstić information content (AvgIpc) is 2.53. The molecule has 21 heavy (non-hydrogen) atoms. The minimum absolute atomic E-state index is 0.721. The summed E-state index contributed by atoms with van der Waals surface area (Å²) in [5, 5.41) is 8.30. The van der Waals surface area contributed by atoms with Crippen molar-refractivity contribution in [3.63, 3.8) is 0 Å². The van der Waals surface area contributed by atoms with Crippen molar-refractivity contribution in [2.24, 2.45) is 5.92 Å². The first kappa shape index (κ1) is 15.2. The molecule has 0 amide bonds. The molecule has 1 fully saturated rings. The number of benzene rings is 1. The van der Waals surface area contributed by atoms with Gasteiger partial charge in [0.25, 0.3) is 0 Å². The van der Waals surface area contributed by atoms with Crippen LogP contribution in [0, 0.1) is 40.9 Å². The summed E-state index contributed by atoms with van der Waals surface area (Å²) in [6, 6.07) is 10.3. The van der Waals surface area contributed by atoms with Crippen LogP contribution in [0.4, 0.5) is 0 Å². The molecule has 0 aromatic heterocycles. The first-order valence-electron chi connectivity index (χ1n) is 7.83. The zero-order valence-electron chi connectivity index (χ0n) is 12.7. The van der Waals surface area contributed by atoms with E-state index >= 15 is 0 Å². The third-order valence-electron chi connectivity index (χ3n) is 4.31. The molecule has 1 aliphatic carbocycles. The Labute approximate surface area is 128 Å². The number of rotatable bonds is 3. The molecule has 0 heterocycles. The average molecular weight is 275 g/mol. The molecule has 0 atom stereocenters. The van der Waals surface area contributed by atoms with Crippen LogP contribution in [-0.2, 0) is 0 Å². The lowest BCUT2D eigenvalue weighted by molar-refractivity contribution is 0.308. The van der Waals surface area contributed by atoms with Gasteiger partial charge in [-0.2, -0.15) is 5.26 Å². The second-order valence-electron chi connectivity index (χ2n) is 5.74. The standard InChI is InChI=1S/C20H21N/c1-2-6-17-8-12-19(13-9-17)20-14-10-18(11-15-20)7-4-3-5-16-21/h10-11,14-15,17,19H,2,6,8-9,12-13H2,1H3. The Morgan fingerprint density at radius 2 is 1.71 bits per heavy atom. The largest absolute Gasteiger partial charge is 0.183 e. The second kappa shape index (κ2) is 8.19. The van der Waals surface area contributed by atoms with E-state index in [2.05, 4.69) is 54.9 Å². The van der Waals surface area contributed by atoms with Crippen molar-refractivity contribution in [2.75, 3.05) is 0 Å². The smallest absolute Gasteiger partial charge is 0.153 e. The Bertz CT molecular complexity index is 602. The van der Waals surface area contributed by atoms with Crippen molar-refractivity contribution >= 4 is 0 Å². The number of nitrogens with zero attached hydrogens (tertiary/aromatic N) is 1. The van der Waals surface area contributed by atoms with Gasteiger partial charge in [0.15, 0.2) is 6.07 Å². The lowest BCUT2D eigenvalue weighted by atomic mass is 9.77. The van der Waals surface area contributed by atoms with Crippen molar-refractivity contribution in [1.29, 1.82) is 5.26 Å². The Kier molecular flexibility index (Phi) is 5.94. The highest BCUT2D eigenvalue weighted by Crippen LogP contribution is 2.37. The quantitative estimate of drug-likeness (QED) is 0.737. The van der Waals surface area contributed by atoms with E-state index in [4.69, 9.17) is 5.26 Å². The molecule has 0 aliphatic heterocycles. The van der Waals surface area contributed by atoms with Gasteiger partial charge in [-0.15, -0.1) is 0 Å². The highest BCUT2D eigenvalue weighted by Gasteiger charge is 2.21. The molecule has 1 nitrogen and oxygen atoms in total. The van der Waals surface area contributed by atoms with E-state index < -0.39 is 0 Å². The monoisotopic (exact) mass is 275 g/mol. The Morgan fingerprint density at radius 1 is 1.00 bits per heavy atom. The fourth-order valence-electron chi connectivity index (χ4n) is 3.19. The first-order chi connectivity index (χ1) is 10.3. The van der Waals surface area contributed by atoms with Gasteiger partial charge in [0.2, 0.25) is 0 Å². The molecule has 0 bridgehead atoms. The van der Waals surface area contributed by atoms with Crippen LogP contribution in [-0.4, -0.2) is 0 Å². The van der Waals surface area contributed by atoms with Crippen molar-refractivity contribution in [3.05, 3.63) is 35.4 Å². The number of nitriles is 1.